The number of furan rings is 1. The molecule has 81 heavy (non-hydrogen) atoms. The van der Waals surface area contributed by atoms with Crippen molar-refractivity contribution < 1.29 is 9.52 Å². The Hall–Kier alpha value is -8.14. The van der Waals surface area contributed by atoms with Gasteiger partial charge in [0, 0.05) is 55.4 Å². The van der Waals surface area contributed by atoms with Crippen LogP contribution in [0.3, 0.4) is 0 Å². The highest BCUT2D eigenvalue weighted by atomic mass is 16.3. The molecule has 8 aromatic carbocycles. The van der Waals surface area contributed by atoms with Crippen LogP contribution in [0.2, 0.25) is 0 Å². The summed E-state index contributed by atoms with van der Waals surface area (Å²) in [6, 6.07) is 45.4. The minimum Gasteiger partial charge on any atom is -0.453 e. The van der Waals surface area contributed by atoms with Gasteiger partial charge in [-0.05, 0) is 174 Å². The third-order valence-electron chi connectivity index (χ3n) is 19.5. The van der Waals surface area contributed by atoms with Gasteiger partial charge in [0.2, 0.25) is 0 Å². The minimum absolute atomic E-state index is 0.168. The van der Waals surface area contributed by atoms with Crippen LogP contribution in [0.25, 0.3) is 76.5 Å². The van der Waals surface area contributed by atoms with Gasteiger partial charge < -0.3 is 19.7 Å². The molecule has 0 saturated heterocycles. The SMILES string of the molecule is CCC1=C(c2cccc(C3=C=CC=C(N(c4cc(C5CCCC5)c5ccc6c(Nc7cccc8c7oc7c(-c9ccccc9CC)cccc78)cc(C7C=CCC7)c7ccc4c5c67)C4(C)C=CC=C(C)C4)C3O)c2)C=C2CC2(C)C=C1. The van der Waals surface area contributed by atoms with Gasteiger partial charge in [0.1, 0.15) is 11.7 Å². The van der Waals surface area contributed by atoms with Crippen LogP contribution in [0.15, 0.2) is 215 Å². The molecule has 0 aliphatic heterocycles. The third-order valence-corrected chi connectivity index (χ3v) is 19.5. The summed E-state index contributed by atoms with van der Waals surface area (Å²) in [7, 11) is 0. The minimum atomic E-state index is -0.941. The van der Waals surface area contributed by atoms with Gasteiger partial charge in [0.05, 0.1) is 16.9 Å². The van der Waals surface area contributed by atoms with Crippen molar-refractivity contribution in [1.29, 1.82) is 0 Å². The molecule has 1 aromatic heterocycles. The van der Waals surface area contributed by atoms with Gasteiger partial charge in [-0.3, -0.25) is 0 Å². The maximum atomic E-state index is 13.3. The topological polar surface area (TPSA) is 48.6 Å². The fourth-order valence-corrected chi connectivity index (χ4v) is 15.2. The van der Waals surface area contributed by atoms with Crippen molar-refractivity contribution in [3.05, 3.63) is 238 Å². The van der Waals surface area contributed by atoms with Crippen molar-refractivity contribution >= 4 is 82.5 Å². The fraction of sp³-hybridized carbons (Fsp3) is 0.260. The van der Waals surface area contributed by atoms with Gasteiger partial charge in [0.15, 0.2) is 5.58 Å². The van der Waals surface area contributed by atoms with Crippen LogP contribution in [-0.2, 0) is 6.42 Å². The molecule has 2 fully saturated rings. The van der Waals surface area contributed by atoms with Gasteiger partial charge >= 0.3 is 0 Å². The second-order valence-corrected chi connectivity index (χ2v) is 24.7. The molecule has 1 heterocycles. The van der Waals surface area contributed by atoms with E-state index in [0.29, 0.717) is 5.92 Å². The molecule has 400 valence electrons. The van der Waals surface area contributed by atoms with Gasteiger partial charge in [-0.15, -0.1) is 5.73 Å². The summed E-state index contributed by atoms with van der Waals surface area (Å²) in [6.07, 6.45) is 32.9. The zero-order valence-corrected chi connectivity index (χ0v) is 47.4. The van der Waals surface area contributed by atoms with Crippen LogP contribution in [0.1, 0.15) is 132 Å². The lowest BCUT2D eigenvalue weighted by Gasteiger charge is -2.46. The summed E-state index contributed by atoms with van der Waals surface area (Å²) in [4.78, 5) is 2.54. The Balaban J connectivity index is 0.919. The molecule has 0 spiro atoms. The normalized spacial score (nSPS) is 22.5. The molecule has 2 N–H and O–H groups in total. The Bertz CT molecular complexity index is 4420. The maximum Gasteiger partial charge on any atom is 0.158 e. The van der Waals surface area contributed by atoms with E-state index in [2.05, 4.69) is 233 Å². The number of aliphatic hydroxyl groups excluding tert-OH is 1. The standard InChI is InChI=1S/C77H70N2O2/c1-6-48-20-12-13-27-55(48)59-29-15-30-60-61-31-16-32-67(75(61)81-74(59)60)78-68-43-65(50-21-8-9-22-50)57-35-37-63-70(44-66(51-23-10-11-24-51)58-34-36-62(68)71(57)72(58)63)79(77(5)39-18-19-47(3)45-77)69-33-17-28-56(73(69)80)52-25-14-26-53(41-52)64-42-54-46-76(54,4)40-38-49(64)7-2/h8,12-21,25-27,29-44,50-51,73,78,80H,6-7,9-11,22-24,45-46H2,1-5H3. The van der Waals surface area contributed by atoms with Crippen LogP contribution in [-0.4, -0.2) is 16.7 Å². The Kier molecular flexibility index (Phi) is 11.9. The number of anilines is 3. The summed E-state index contributed by atoms with van der Waals surface area (Å²) >= 11 is 0. The van der Waals surface area contributed by atoms with E-state index < -0.39 is 11.6 Å². The summed E-state index contributed by atoms with van der Waals surface area (Å²) in [5.74, 6) is 0.714. The summed E-state index contributed by atoms with van der Waals surface area (Å²) in [6.45, 7) is 11.5. The zero-order valence-electron chi connectivity index (χ0n) is 47.4. The second-order valence-electron chi connectivity index (χ2n) is 24.7. The lowest BCUT2D eigenvalue weighted by Crippen LogP contribution is -2.48. The first-order valence-corrected chi connectivity index (χ1v) is 30.1. The number of hydrogen-bond acceptors (Lipinski definition) is 4. The van der Waals surface area contributed by atoms with Crippen molar-refractivity contribution in [2.45, 2.75) is 122 Å². The van der Waals surface area contributed by atoms with Crippen LogP contribution in [0.4, 0.5) is 17.1 Å². The predicted octanol–water partition coefficient (Wildman–Crippen LogP) is 20.6. The third kappa shape index (κ3) is 8.12. The highest BCUT2D eigenvalue weighted by Gasteiger charge is 2.43. The number of hydrogen-bond donors (Lipinski definition) is 2. The van der Waals surface area contributed by atoms with Gasteiger partial charge in [-0.1, -0.05) is 190 Å². The number of allylic oxidation sites excluding steroid dienone is 11. The zero-order chi connectivity index (χ0) is 54.7. The first kappa shape index (κ1) is 49.9. The average Bonchev–Trinajstić information content (AvgIpc) is 4.21. The van der Waals surface area contributed by atoms with E-state index in [1.54, 1.807) is 0 Å². The average molecular weight is 1060 g/mol. The lowest BCUT2D eigenvalue weighted by molar-refractivity contribution is 0.258. The van der Waals surface area contributed by atoms with Crippen molar-refractivity contribution in [3.63, 3.8) is 0 Å². The number of fused-ring (bicyclic) bond motifs is 4. The maximum absolute atomic E-state index is 13.3. The number of para-hydroxylation sites is 2. The second kappa shape index (κ2) is 19.3. The molecule has 4 atom stereocenters. The summed E-state index contributed by atoms with van der Waals surface area (Å²) < 4.78 is 7.11. The lowest BCUT2D eigenvalue weighted by atomic mass is 9.80. The van der Waals surface area contributed by atoms with E-state index in [1.165, 1.54) is 108 Å². The first-order valence-electron chi connectivity index (χ1n) is 30.1. The quantitative estimate of drug-likeness (QED) is 0.0727. The Labute approximate surface area is 476 Å². The molecule has 15 rings (SSSR count). The van der Waals surface area contributed by atoms with Crippen molar-refractivity contribution in [1.82, 2.24) is 0 Å². The number of aryl methyl sites for hydroxylation is 1. The highest BCUT2D eigenvalue weighted by Crippen LogP contribution is 2.57. The molecule has 0 bridgehead atoms. The summed E-state index contributed by atoms with van der Waals surface area (Å²) in [5, 5.41) is 27.3. The molecule has 4 heteroatoms. The molecular weight excluding hydrogens is 985 g/mol. The van der Waals surface area contributed by atoms with Crippen LogP contribution >= 0.6 is 0 Å². The molecule has 9 aromatic rings. The van der Waals surface area contributed by atoms with Gasteiger partial charge in [0.25, 0.3) is 0 Å². The highest BCUT2D eigenvalue weighted by molar-refractivity contribution is 6.29. The van der Waals surface area contributed by atoms with Crippen LogP contribution in [0.5, 0.6) is 0 Å². The largest absolute Gasteiger partial charge is 0.453 e. The predicted molar refractivity (Wildman–Crippen MR) is 342 cm³/mol. The number of benzene rings is 8. The van der Waals surface area contributed by atoms with E-state index >= 15 is 0 Å². The Morgan fingerprint density at radius 3 is 2.26 bits per heavy atom. The molecule has 2 saturated carbocycles. The number of aliphatic hydroxyl groups is 1. The van der Waals surface area contributed by atoms with E-state index in [1.807, 2.05) is 0 Å². The number of nitrogens with zero attached hydrogens (tertiary/aromatic N) is 1. The smallest absolute Gasteiger partial charge is 0.158 e. The van der Waals surface area contributed by atoms with Crippen molar-refractivity contribution in [2.75, 3.05) is 10.2 Å². The van der Waals surface area contributed by atoms with E-state index in [9.17, 15) is 5.11 Å². The molecule has 4 unspecified atom stereocenters. The monoisotopic (exact) mass is 1050 g/mol. The van der Waals surface area contributed by atoms with Gasteiger partial charge in [-0.2, -0.15) is 0 Å². The first-order chi connectivity index (χ1) is 39.6. The van der Waals surface area contributed by atoms with Crippen molar-refractivity contribution in [2.24, 2.45) is 5.41 Å². The number of nitrogens with one attached hydrogen (secondary N) is 1. The molecule has 6 aliphatic rings. The van der Waals surface area contributed by atoms with E-state index in [4.69, 9.17) is 4.42 Å². The molecule has 4 nitrogen and oxygen atoms in total. The van der Waals surface area contributed by atoms with Gasteiger partial charge in [-0.25, -0.2) is 0 Å². The molecule has 0 amide bonds. The molecule has 0 radical (unpaired) electrons. The van der Waals surface area contributed by atoms with E-state index in [-0.39, 0.29) is 11.3 Å². The Morgan fingerprint density at radius 2 is 1.44 bits per heavy atom. The fourth-order valence-electron chi connectivity index (χ4n) is 15.2. The van der Waals surface area contributed by atoms with Crippen LogP contribution < -0.4 is 10.2 Å². The molecule has 6 aliphatic carbocycles. The van der Waals surface area contributed by atoms with Crippen LogP contribution in [0, 0.1) is 5.41 Å². The van der Waals surface area contributed by atoms with Crippen molar-refractivity contribution in [3.8, 4) is 11.1 Å². The number of rotatable bonds is 12. The molecular formula is C77H70N2O2. The summed E-state index contributed by atoms with van der Waals surface area (Å²) in [5.41, 5.74) is 23.9. The van der Waals surface area contributed by atoms with E-state index in [0.717, 1.165) is 99.9 Å². The Morgan fingerprint density at radius 1 is 0.691 bits per heavy atom.